The van der Waals surface area contributed by atoms with Gasteiger partial charge in [0.05, 0.1) is 17.0 Å². The molecule has 3 heterocycles. The zero-order chi connectivity index (χ0) is 23.4. The Labute approximate surface area is 199 Å². The largest absolute Gasteiger partial charge is 0.416 e. The van der Waals surface area contributed by atoms with Crippen LogP contribution >= 0.6 is 11.6 Å². The van der Waals surface area contributed by atoms with Gasteiger partial charge >= 0.3 is 6.18 Å². The van der Waals surface area contributed by atoms with Crippen LogP contribution in [0, 0.1) is 0 Å². The second-order valence-electron chi connectivity index (χ2n) is 8.64. The lowest BCUT2D eigenvalue weighted by atomic mass is 10.0. The van der Waals surface area contributed by atoms with Gasteiger partial charge in [-0.05, 0) is 65.6 Å². The van der Waals surface area contributed by atoms with Crippen LogP contribution in [0.15, 0.2) is 84.9 Å². The first-order chi connectivity index (χ1) is 16.4. The Balaban J connectivity index is 1.49. The molecule has 0 amide bonds. The molecule has 0 fully saturated rings. The minimum atomic E-state index is -4.34. The molecule has 170 valence electrons. The molecule has 1 aliphatic rings. The maximum atomic E-state index is 13.0. The van der Waals surface area contributed by atoms with Crippen LogP contribution in [-0.4, -0.2) is 9.13 Å². The van der Waals surface area contributed by atoms with Crippen LogP contribution in [0.1, 0.15) is 16.7 Å². The zero-order valence-electron chi connectivity index (χ0n) is 18.1. The van der Waals surface area contributed by atoms with E-state index in [0.717, 1.165) is 58.8 Å². The van der Waals surface area contributed by atoms with Gasteiger partial charge in [-0.15, -0.1) is 0 Å². The van der Waals surface area contributed by atoms with E-state index in [1.165, 1.54) is 10.9 Å². The number of halogens is 4. The fraction of sp³-hybridized carbons (Fsp3) is 0.143. The van der Waals surface area contributed by atoms with E-state index in [4.69, 9.17) is 11.6 Å². The minimum Gasteiger partial charge on any atom is -0.339 e. The Morgan fingerprint density at radius 2 is 1.50 bits per heavy atom. The summed E-state index contributed by atoms with van der Waals surface area (Å²) in [6, 6.07) is 25.9. The molecule has 34 heavy (non-hydrogen) atoms. The highest BCUT2D eigenvalue weighted by Crippen LogP contribution is 2.41. The molecule has 6 rings (SSSR count). The monoisotopic (exact) mass is 476 g/mol. The molecule has 1 aliphatic heterocycles. The van der Waals surface area contributed by atoms with Gasteiger partial charge in [0.2, 0.25) is 0 Å². The molecule has 0 atom stereocenters. The summed E-state index contributed by atoms with van der Waals surface area (Å²) in [5.74, 6) is 0. The summed E-state index contributed by atoms with van der Waals surface area (Å²) in [6.45, 7) is 1.36. The van der Waals surface area contributed by atoms with Crippen LogP contribution in [0.5, 0.6) is 0 Å². The maximum Gasteiger partial charge on any atom is 0.416 e. The van der Waals surface area contributed by atoms with Crippen molar-refractivity contribution < 1.29 is 13.2 Å². The summed E-state index contributed by atoms with van der Waals surface area (Å²) < 4.78 is 43.7. The van der Waals surface area contributed by atoms with Crippen LogP contribution < -0.4 is 0 Å². The lowest BCUT2D eigenvalue weighted by Crippen LogP contribution is -2.14. The van der Waals surface area contributed by atoms with Crippen LogP contribution in [0.2, 0.25) is 5.02 Å². The number of fused-ring (bicyclic) bond motifs is 5. The fourth-order valence-corrected chi connectivity index (χ4v) is 5.20. The van der Waals surface area contributed by atoms with Crippen LogP contribution in [0.4, 0.5) is 13.2 Å². The van der Waals surface area contributed by atoms with Crippen molar-refractivity contribution in [2.75, 3.05) is 0 Å². The van der Waals surface area contributed by atoms with E-state index < -0.39 is 11.7 Å². The van der Waals surface area contributed by atoms with Crippen molar-refractivity contribution in [2.24, 2.45) is 0 Å². The standard InChI is InChI=1S/C28H20ClF3N2/c29-21-11-7-19(8-12-21)24-13-14-26-27-23(15-16-33(24)26)22-3-1-2-4-25(22)34(27)17-18-5-9-20(10-6-18)28(30,31)32/h1-14H,15-17H2. The van der Waals surface area contributed by atoms with E-state index in [1.807, 2.05) is 36.4 Å². The molecule has 0 bridgehead atoms. The Kier molecular flexibility index (Phi) is 4.85. The van der Waals surface area contributed by atoms with Gasteiger partial charge in [-0.3, -0.25) is 0 Å². The Bertz CT molecular complexity index is 1510. The van der Waals surface area contributed by atoms with Gasteiger partial charge in [0, 0.05) is 34.7 Å². The number of nitrogens with zero attached hydrogens (tertiary/aromatic N) is 2. The van der Waals surface area contributed by atoms with Crippen LogP contribution in [0.3, 0.4) is 0 Å². The highest BCUT2D eigenvalue weighted by Gasteiger charge is 2.30. The summed E-state index contributed by atoms with van der Waals surface area (Å²) in [5, 5.41) is 1.90. The molecule has 0 saturated carbocycles. The van der Waals surface area contributed by atoms with Crippen molar-refractivity contribution in [3.8, 4) is 22.6 Å². The molecule has 3 aromatic carbocycles. The van der Waals surface area contributed by atoms with Crippen molar-refractivity contribution in [2.45, 2.75) is 25.7 Å². The third-order valence-electron chi connectivity index (χ3n) is 6.65. The Morgan fingerprint density at radius 3 is 2.24 bits per heavy atom. The summed E-state index contributed by atoms with van der Waals surface area (Å²) in [5.41, 5.74) is 7.07. The van der Waals surface area contributed by atoms with Crippen molar-refractivity contribution in [1.82, 2.24) is 9.13 Å². The number of para-hydroxylation sites is 1. The molecule has 0 N–H and O–H groups in total. The number of hydrogen-bond acceptors (Lipinski definition) is 0. The fourth-order valence-electron chi connectivity index (χ4n) is 5.08. The minimum absolute atomic E-state index is 0.495. The molecule has 2 aromatic heterocycles. The van der Waals surface area contributed by atoms with Crippen molar-refractivity contribution in [3.63, 3.8) is 0 Å². The van der Waals surface area contributed by atoms with Gasteiger partial charge in [-0.1, -0.05) is 54.1 Å². The summed E-state index contributed by atoms with van der Waals surface area (Å²) in [7, 11) is 0. The van der Waals surface area contributed by atoms with Gasteiger partial charge in [-0.25, -0.2) is 0 Å². The average molecular weight is 477 g/mol. The van der Waals surface area contributed by atoms with E-state index in [2.05, 4.69) is 33.4 Å². The highest BCUT2D eigenvalue weighted by atomic mass is 35.5. The van der Waals surface area contributed by atoms with Gasteiger partial charge in [0.15, 0.2) is 0 Å². The van der Waals surface area contributed by atoms with Gasteiger partial charge in [0.1, 0.15) is 0 Å². The molecular formula is C28H20ClF3N2. The first kappa shape index (κ1) is 21.1. The lowest BCUT2D eigenvalue weighted by Gasteiger charge is -2.22. The first-order valence-electron chi connectivity index (χ1n) is 11.1. The third-order valence-corrected chi connectivity index (χ3v) is 6.90. The normalized spacial score (nSPS) is 13.2. The second kappa shape index (κ2) is 7.81. The summed E-state index contributed by atoms with van der Waals surface area (Å²) in [4.78, 5) is 0. The van der Waals surface area contributed by atoms with Crippen LogP contribution in [-0.2, 0) is 25.7 Å². The Morgan fingerprint density at radius 1 is 0.794 bits per heavy atom. The average Bonchev–Trinajstić information content (AvgIpc) is 3.39. The summed E-state index contributed by atoms with van der Waals surface area (Å²) >= 11 is 6.09. The molecule has 5 aromatic rings. The summed E-state index contributed by atoms with van der Waals surface area (Å²) in [6.07, 6.45) is -3.45. The quantitative estimate of drug-likeness (QED) is 0.249. The molecule has 0 aliphatic carbocycles. The van der Waals surface area contributed by atoms with Crippen molar-refractivity contribution >= 4 is 22.5 Å². The van der Waals surface area contributed by atoms with E-state index in [-0.39, 0.29) is 0 Å². The number of aryl methyl sites for hydroxylation is 1. The predicted octanol–water partition coefficient (Wildman–Crippen LogP) is 8.05. The van der Waals surface area contributed by atoms with E-state index in [0.29, 0.717) is 11.6 Å². The van der Waals surface area contributed by atoms with Gasteiger partial charge in [-0.2, -0.15) is 13.2 Å². The molecule has 0 radical (unpaired) electrons. The molecule has 0 saturated heterocycles. The molecule has 0 unspecified atom stereocenters. The zero-order valence-corrected chi connectivity index (χ0v) is 18.9. The van der Waals surface area contributed by atoms with Crippen LogP contribution in [0.25, 0.3) is 33.5 Å². The molecule has 2 nitrogen and oxygen atoms in total. The lowest BCUT2D eigenvalue weighted by molar-refractivity contribution is -0.137. The third kappa shape index (κ3) is 3.43. The first-order valence-corrected chi connectivity index (χ1v) is 11.5. The number of rotatable bonds is 3. The molecule has 0 spiro atoms. The number of alkyl halides is 3. The highest BCUT2D eigenvalue weighted by molar-refractivity contribution is 6.30. The SMILES string of the molecule is FC(F)(F)c1ccc(Cn2c3c(c4ccccc42)CCn2c(-c4ccc(Cl)cc4)ccc2-3)cc1. The molecule has 6 heteroatoms. The van der Waals surface area contributed by atoms with Gasteiger partial charge in [0.25, 0.3) is 0 Å². The van der Waals surface area contributed by atoms with E-state index in [1.54, 1.807) is 12.1 Å². The topological polar surface area (TPSA) is 9.86 Å². The maximum absolute atomic E-state index is 13.0. The van der Waals surface area contributed by atoms with Crippen molar-refractivity contribution in [1.29, 1.82) is 0 Å². The predicted molar refractivity (Wildman–Crippen MR) is 130 cm³/mol. The number of benzene rings is 3. The Hall–Kier alpha value is -3.44. The molecular weight excluding hydrogens is 457 g/mol. The van der Waals surface area contributed by atoms with Crippen molar-refractivity contribution in [3.05, 3.63) is 107 Å². The van der Waals surface area contributed by atoms with E-state index >= 15 is 0 Å². The van der Waals surface area contributed by atoms with E-state index in [9.17, 15) is 13.2 Å². The van der Waals surface area contributed by atoms with Gasteiger partial charge < -0.3 is 9.13 Å². The second-order valence-corrected chi connectivity index (χ2v) is 9.07. The number of aromatic nitrogens is 2. The number of hydrogen-bond donors (Lipinski definition) is 0. The smallest absolute Gasteiger partial charge is 0.339 e.